The summed E-state index contributed by atoms with van der Waals surface area (Å²) in [5.41, 5.74) is 2.81. The van der Waals surface area contributed by atoms with Crippen LogP contribution >= 0.6 is 0 Å². The summed E-state index contributed by atoms with van der Waals surface area (Å²) in [6.45, 7) is 6.09. The number of benzene rings is 2. The van der Waals surface area contributed by atoms with E-state index in [1.54, 1.807) is 0 Å². The normalized spacial score (nSPS) is 20.2. The van der Waals surface area contributed by atoms with Crippen LogP contribution in [0.3, 0.4) is 0 Å². The standard InChI is InChI=1S/C20H24N2O3/c1-15-13-24-16(2)12-22(15)19-10-8-18(9-11-19)21-20(23)25-14-17-6-4-3-5-7-17/h3-11,15-16H,12-14H2,1-2H3,(H,21,23). The van der Waals surface area contributed by atoms with Gasteiger partial charge < -0.3 is 14.4 Å². The summed E-state index contributed by atoms with van der Waals surface area (Å²) in [6, 6.07) is 17.8. The molecule has 5 heteroatoms. The average Bonchev–Trinajstić information content (AvgIpc) is 2.64. The van der Waals surface area contributed by atoms with Gasteiger partial charge in [-0.1, -0.05) is 30.3 Å². The lowest BCUT2D eigenvalue weighted by atomic mass is 10.1. The fraction of sp³-hybridized carbons (Fsp3) is 0.350. The zero-order valence-electron chi connectivity index (χ0n) is 14.6. The van der Waals surface area contributed by atoms with Crippen LogP contribution in [0, 0.1) is 0 Å². The monoisotopic (exact) mass is 340 g/mol. The van der Waals surface area contributed by atoms with E-state index < -0.39 is 6.09 Å². The maximum absolute atomic E-state index is 11.9. The van der Waals surface area contributed by atoms with Crippen molar-refractivity contribution in [1.29, 1.82) is 0 Å². The van der Waals surface area contributed by atoms with Gasteiger partial charge in [0, 0.05) is 24.0 Å². The minimum atomic E-state index is -0.454. The minimum Gasteiger partial charge on any atom is -0.444 e. The molecule has 0 aliphatic carbocycles. The molecule has 25 heavy (non-hydrogen) atoms. The van der Waals surface area contributed by atoms with Gasteiger partial charge in [-0.15, -0.1) is 0 Å². The van der Waals surface area contributed by atoms with Crippen molar-refractivity contribution in [2.45, 2.75) is 32.6 Å². The van der Waals surface area contributed by atoms with Crippen LogP contribution in [0.15, 0.2) is 54.6 Å². The first-order valence-corrected chi connectivity index (χ1v) is 8.58. The van der Waals surface area contributed by atoms with Crippen molar-refractivity contribution >= 4 is 17.5 Å². The lowest BCUT2D eigenvalue weighted by Gasteiger charge is -2.38. The van der Waals surface area contributed by atoms with Crippen LogP contribution in [0.5, 0.6) is 0 Å². The van der Waals surface area contributed by atoms with Crippen LogP contribution in [-0.2, 0) is 16.1 Å². The van der Waals surface area contributed by atoms with E-state index >= 15 is 0 Å². The van der Waals surface area contributed by atoms with Crippen molar-refractivity contribution in [2.75, 3.05) is 23.4 Å². The molecule has 5 nitrogen and oxygen atoms in total. The molecule has 1 fully saturated rings. The maximum Gasteiger partial charge on any atom is 0.411 e. The number of carbonyl (C=O) groups is 1. The number of hydrogen-bond donors (Lipinski definition) is 1. The summed E-state index contributed by atoms with van der Waals surface area (Å²) in [7, 11) is 0. The second-order valence-corrected chi connectivity index (χ2v) is 6.38. The Kier molecular flexibility index (Phi) is 5.56. The van der Waals surface area contributed by atoms with E-state index in [0.29, 0.717) is 6.04 Å². The molecule has 1 amide bonds. The summed E-state index contributed by atoms with van der Waals surface area (Å²) in [5, 5.41) is 2.76. The topological polar surface area (TPSA) is 50.8 Å². The molecule has 2 unspecified atom stereocenters. The summed E-state index contributed by atoms with van der Waals surface area (Å²) in [6.07, 6.45) is -0.230. The summed E-state index contributed by atoms with van der Waals surface area (Å²) >= 11 is 0. The Morgan fingerprint density at radius 1 is 1.16 bits per heavy atom. The first-order chi connectivity index (χ1) is 12.1. The van der Waals surface area contributed by atoms with E-state index in [1.165, 1.54) is 0 Å². The van der Waals surface area contributed by atoms with Crippen LogP contribution in [0.4, 0.5) is 16.2 Å². The molecule has 0 radical (unpaired) electrons. The van der Waals surface area contributed by atoms with E-state index in [1.807, 2.05) is 54.6 Å². The largest absolute Gasteiger partial charge is 0.444 e. The maximum atomic E-state index is 11.9. The summed E-state index contributed by atoms with van der Waals surface area (Å²) in [4.78, 5) is 14.2. The molecular weight excluding hydrogens is 316 g/mol. The van der Waals surface area contributed by atoms with Gasteiger partial charge in [-0.25, -0.2) is 4.79 Å². The number of nitrogens with one attached hydrogen (secondary N) is 1. The third-order valence-corrected chi connectivity index (χ3v) is 4.27. The number of anilines is 2. The number of morpholine rings is 1. The van der Waals surface area contributed by atoms with Crippen molar-refractivity contribution in [2.24, 2.45) is 0 Å². The number of ether oxygens (including phenoxy) is 2. The van der Waals surface area contributed by atoms with Crippen LogP contribution in [-0.4, -0.2) is 31.4 Å². The van der Waals surface area contributed by atoms with Gasteiger partial charge in [-0.05, 0) is 43.7 Å². The Bertz CT molecular complexity index is 688. The molecular formula is C20H24N2O3. The van der Waals surface area contributed by atoms with E-state index in [-0.39, 0.29) is 12.7 Å². The Balaban J connectivity index is 1.54. The number of rotatable bonds is 4. The number of carbonyl (C=O) groups excluding carboxylic acids is 1. The predicted octanol–water partition coefficient (Wildman–Crippen LogP) is 4.05. The number of amides is 1. The molecule has 0 bridgehead atoms. The van der Waals surface area contributed by atoms with Gasteiger partial charge in [0.05, 0.1) is 12.7 Å². The van der Waals surface area contributed by atoms with E-state index in [4.69, 9.17) is 9.47 Å². The predicted molar refractivity (Wildman–Crippen MR) is 98.9 cm³/mol. The molecule has 0 saturated carbocycles. The van der Waals surface area contributed by atoms with E-state index in [0.717, 1.165) is 30.1 Å². The average molecular weight is 340 g/mol. The Labute approximate surface area is 148 Å². The van der Waals surface area contributed by atoms with Crippen molar-refractivity contribution in [3.8, 4) is 0 Å². The van der Waals surface area contributed by atoms with Crippen molar-refractivity contribution in [3.05, 3.63) is 60.2 Å². The molecule has 1 heterocycles. The molecule has 0 aromatic heterocycles. The highest BCUT2D eigenvalue weighted by Crippen LogP contribution is 2.23. The molecule has 1 saturated heterocycles. The molecule has 0 spiro atoms. The Morgan fingerprint density at radius 2 is 1.88 bits per heavy atom. The van der Waals surface area contributed by atoms with Gasteiger partial charge in [-0.2, -0.15) is 0 Å². The van der Waals surface area contributed by atoms with E-state index in [9.17, 15) is 4.79 Å². The lowest BCUT2D eigenvalue weighted by Crippen LogP contribution is -2.47. The van der Waals surface area contributed by atoms with Gasteiger partial charge in [0.2, 0.25) is 0 Å². The zero-order chi connectivity index (χ0) is 17.6. The minimum absolute atomic E-state index is 0.224. The van der Waals surface area contributed by atoms with E-state index in [2.05, 4.69) is 24.1 Å². The highest BCUT2D eigenvalue weighted by molar-refractivity contribution is 5.84. The number of hydrogen-bond acceptors (Lipinski definition) is 4. The molecule has 132 valence electrons. The highest BCUT2D eigenvalue weighted by atomic mass is 16.5. The molecule has 1 aliphatic heterocycles. The Morgan fingerprint density at radius 3 is 2.60 bits per heavy atom. The smallest absolute Gasteiger partial charge is 0.411 e. The molecule has 2 atom stereocenters. The van der Waals surface area contributed by atoms with Crippen molar-refractivity contribution in [1.82, 2.24) is 0 Å². The fourth-order valence-corrected chi connectivity index (χ4v) is 2.88. The second kappa shape index (κ2) is 8.03. The van der Waals surface area contributed by atoms with Gasteiger partial charge in [-0.3, -0.25) is 5.32 Å². The molecule has 2 aromatic rings. The summed E-state index contributed by atoms with van der Waals surface area (Å²) < 4.78 is 10.9. The van der Waals surface area contributed by atoms with Gasteiger partial charge in [0.25, 0.3) is 0 Å². The van der Waals surface area contributed by atoms with Crippen LogP contribution < -0.4 is 10.2 Å². The Hall–Kier alpha value is -2.53. The lowest BCUT2D eigenvalue weighted by molar-refractivity contribution is 0.0344. The fourth-order valence-electron chi connectivity index (χ4n) is 2.88. The van der Waals surface area contributed by atoms with Gasteiger partial charge >= 0.3 is 6.09 Å². The van der Waals surface area contributed by atoms with Crippen LogP contribution in [0.2, 0.25) is 0 Å². The van der Waals surface area contributed by atoms with Crippen molar-refractivity contribution < 1.29 is 14.3 Å². The van der Waals surface area contributed by atoms with Gasteiger partial charge in [0.15, 0.2) is 0 Å². The summed E-state index contributed by atoms with van der Waals surface area (Å²) in [5.74, 6) is 0. The quantitative estimate of drug-likeness (QED) is 0.912. The molecule has 1 aliphatic rings. The van der Waals surface area contributed by atoms with Crippen LogP contribution in [0.25, 0.3) is 0 Å². The molecule has 3 rings (SSSR count). The molecule has 1 N–H and O–H groups in total. The third kappa shape index (κ3) is 4.73. The van der Waals surface area contributed by atoms with Crippen molar-refractivity contribution in [3.63, 3.8) is 0 Å². The second-order valence-electron chi connectivity index (χ2n) is 6.38. The highest BCUT2D eigenvalue weighted by Gasteiger charge is 2.23. The number of nitrogens with zero attached hydrogens (tertiary/aromatic N) is 1. The SMILES string of the molecule is CC1CN(c2ccc(NC(=O)OCc3ccccc3)cc2)C(C)CO1. The third-order valence-electron chi connectivity index (χ3n) is 4.27. The van der Waals surface area contributed by atoms with Gasteiger partial charge in [0.1, 0.15) is 6.61 Å². The van der Waals surface area contributed by atoms with Crippen LogP contribution in [0.1, 0.15) is 19.4 Å². The molecule has 2 aromatic carbocycles. The zero-order valence-corrected chi connectivity index (χ0v) is 14.6. The first kappa shape index (κ1) is 17.3. The first-order valence-electron chi connectivity index (χ1n) is 8.58.